The first-order valence-corrected chi connectivity index (χ1v) is 8.33. The first kappa shape index (κ1) is 14.2. The number of aromatic nitrogens is 2. The number of nitrogens with one attached hydrogen (secondary N) is 2. The zero-order valence-electron chi connectivity index (χ0n) is 12.0. The molecule has 0 atom stereocenters. The number of benzene rings is 2. The molecule has 0 aliphatic heterocycles. The normalized spacial score (nSPS) is 11.2. The molecule has 0 amide bonds. The summed E-state index contributed by atoms with van der Waals surface area (Å²) >= 11 is 7.62. The number of hydrogen-bond donors (Lipinski definition) is 2. The zero-order chi connectivity index (χ0) is 15.8. The van der Waals surface area contributed by atoms with Gasteiger partial charge in [0.05, 0.1) is 15.7 Å². The first-order chi connectivity index (χ1) is 11.2. The van der Waals surface area contributed by atoms with Gasteiger partial charge in [-0.05, 0) is 42.5 Å². The van der Waals surface area contributed by atoms with E-state index >= 15 is 0 Å². The van der Waals surface area contributed by atoms with Crippen molar-refractivity contribution < 1.29 is 0 Å². The summed E-state index contributed by atoms with van der Waals surface area (Å²) in [7, 11) is 0. The van der Waals surface area contributed by atoms with E-state index in [-0.39, 0.29) is 5.56 Å². The SMILES string of the molecule is O=c1[nH]c2ccc(Cl)cc2cc1CNc1ccc2scnc2c1. The van der Waals surface area contributed by atoms with Crippen molar-refractivity contribution in [1.29, 1.82) is 0 Å². The van der Waals surface area contributed by atoms with Crippen LogP contribution < -0.4 is 10.9 Å². The van der Waals surface area contributed by atoms with E-state index in [0.29, 0.717) is 17.1 Å². The third kappa shape index (κ3) is 2.81. The highest BCUT2D eigenvalue weighted by atomic mass is 35.5. The van der Waals surface area contributed by atoms with Crippen molar-refractivity contribution >= 4 is 49.7 Å². The summed E-state index contributed by atoms with van der Waals surface area (Å²) in [5.74, 6) is 0. The van der Waals surface area contributed by atoms with Gasteiger partial charge < -0.3 is 10.3 Å². The number of halogens is 1. The lowest BCUT2D eigenvalue weighted by Crippen LogP contribution is -2.15. The van der Waals surface area contributed by atoms with Crippen molar-refractivity contribution in [3.63, 3.8) is 0 Å². The molecule has 2 heterocycles. The number of aromatic amines is 1. The fourth-order valence-corrected chi connectivity index (χ4v) is 3.36. The van der Waals surface area contributed by atoms with Crippen LogP contribution in [0.25, 0.3) is 21.1 Å². The lowest BCUT2D eigenvalue weighted by atomic mass is 10.1. The number of fused-ring (bicyclic) bond motifs is 2. The van der Waals surface area contributed by atoms with Gasteiger partial charge >= 0.3 is 0 Å². The van der Waals surface area contributed by atoms with E-state index < -0.39 is 0 Å². The molecule has 0 radical (unpaired) electrons. The van der Waals surface area contributed by atoms with Crippen molar-refractivity contribution in [3.8, 4) is 0 Å². The van der Waals surface area contributed by atoms with E-state index in [2.05, 4.69) is 15.3 Å². The summed E-state index contributed by atoms with van der Waals surface area (Å²) in [6.45, 7) is 0.438. The van der Waals surface area contributed by atoms with Gasteiger partial charge in [-0.3, -0.25) is 4.79 Å². The van der Waals surface area contributed by atoms with Gasteiger partial charge in [-0.15, -0.1) is 11.3 Å². The maximum atomic E-state index is 12.2. The summed E-state index contributed by atoms with van der Waals surface area (Å²) in [6.07, 6.45) is 0. The minimum absolute atomic E-state index is 0.0953. The Morgan fingerprint density at radius 1 is 1.17 bits per heavy atom. The summed E-state index contributed by atoms with van der Waals surface area (Å²) < 4.78 is 1.15. The highest BCUT2D eigenvalue weighted by Gasteiger charge is 2.05. The predicted molar refractivity (Wildman–Crippen MR) is 96.5 cm³/mol. The Bertz CT molecular complexity index is 1070. The van der Waals surface area contributed by atoms with Crippen molar-refractivity contribution in [2.24, 2.45) is 0 Å². The molecule has 2 N–H and O–H groups in total. The Labute approximate surface area is 140 Å². The Morgan fingerprint density at radius 2 is 2.09 bits per heavy atom. The number of H-pyrrole nitrogens is 1. The average Bonchev–Trinajstić information content (AvgIpc) is 3.01. The molecule has 4 aromatic rings. The Kier molecular flexibility index (Phi) is 3.52. The van der Waals surface area contributed by atoms with Crippen LogP contribution in [-0.2, 0) is 6.54 Å². The predicted octanol–water partition coefficient (Wildman–Crippen LogP) is 4.40. The molecule has 2 aromatic heterocycles. The van der Waals surface area contributed by atoms with E-state index in [1.807, 2.05) is 41.9 Å². The smallest absolute Gasteiger partial charge is 0.253 e. The Hall–Kier alpha value is -2.37. The number of pyridine rings is 1. The van der Waals surface area contributed by atoms with Crippen LogP contribution in [0.15, 0.2) is 52.8 Å². The Morgan fingerprint density at radius 3 is 3.00 bits per heavy atom. The molecular formula is C17H12ClN3OS. The van der Waals surface area contributed by atoms with E-state index in [1.54, 1.807) is 17.4 Å². The zero-order valence-corrected chi connectivity index (χ0v) is 13.5. The second-order valence-corrected chi connectivity index (χ2v) is 6.57. The quantitative estimate of drug-likeness (QED) is 0.580. The monoisotopic (exact) mass is 341 g/mol. The van der Waals surface area contributed by atoms with E-state index in [4.69, 9.17) is 11.6 Å². The standard InChI is InChI=1S/C17H12ClN3OS/c18-12-1-3-14-10(6-12)5-11(17(22)21-14)8-19-13-2-4-16-15(7-13)20-9-23-16/h1-7,9,19H,8H2,(H,21,22). The number of thiazole rings is 1. The second kappa shape index (κ2) is 5.68. The van der Waals surface area contributed by atoms with Gasteiger partial charge in [0.25, 0.3) is 5.56 Å². The lowest BCUT2D eigenvalue weighted by molar-refractivity contribution is 1.09. The third-order valence-electron chi connectivity index (χ3n) is 3.70. The van der Waals surface area contributed by atoms with Crippen LogP contribution >= 0.6 is 22.9 Å². The summed E-state index contributed by atoms with van der Waals surface area (Å²) in [6, 6.07) is 13.3. The highest BCUT2D eigenvalue weighted by Crippen LogP contribution is 2.22. The van der Waals surface area contributed by atoms with Crippen LogP contribution in [0.4, 0.5) is 5.69 Å². The summed E-state index contributed by atoms with van der Waals surface area (Å²) in [5, 5.41) is 4.85. The molecule has 0 unspecified atom stereocenters. The molecule has 0 fully saturated rings. The lowest BCUT2D eigenvalue weighted by Gasteiger charge is -2.07. The molecule has 0 bridgehead atoms. The second-order valence-electron chi connectivity index (χ2n) is 5.24. The summed E-state index contributed by atoms with van der Waals surface area (Å²) in [5.41, 5.74) is 5.08. The van der Waals surface area contributed by atoms with Gasteiger partial charge in [0.1, 0.15) is 0 Å². The fourth-order valence-electron chi connectivity index (χ4n) is 2.52. The van der Waals surface area contributed by atoms with Crippen LogP contribution in [0.2, 0.25) is 5.02 Å². The van der Waals surface area contributed by atoms with Gasteiger partial charge in [-0.2, -0.15) is 0 Å². The molecule has 0 aliphatic carbocycles. The molecule has 6 heteroatoms. The summed E-state index contributed by atoms with van der Waals surface area (Å²) in [4.78, 5) is 19.4. The maximum Gasteiger partial charge on any atom is 0.253 e. The van der Waals surface area contributed by atoms with Crippen molar-refractivity contribution in [2.75, 3.05) is 5.32 Å². The molecule has 4 nitrogen and oxygen atoms in total. The molecule has 0 saturated carbocycles. The molecule has 114 valence electrons. The third-order valence-corrected chi connectivity index (χ3v) is 4.74. The topological polar surface area (TPSA) is 57.8 Å². The van der Waals surface area contributed by atoms with Crippen molar-refractivity contribution in [1.82, 2.24) is 9.97 Å². The molecular weight excluding hydrogens is 330 g/mol. The minimum Gasteiger partial charge on any atom is -0.381 e. The fraction of sp³-hybridized carbons (Fsp3) is 0.0588. The number of hydrogen-bond acceptors (Lipinski definition) is 4. The van der Waals surface area contributed by atoms with Gasteiger partial charge in [0.2, 0.25) is 0 Å². The van der Waals surface area contributed by atoms with Crippen LogP contribution in [-0.4, -0.2) is 9.97 Å². The van der Waals surface area contributed by atoms with E-state index in [0.717, 1.165) is 26.8 Å². The molecule has 2 aromatic carbocycles. The highest BCUT2D eigenvalue weighted by molar-refractivity contribution is 7.16. The number of rotatable bonds is 3. The largest absolute Gasteiger partial charge is 0.381 e. The van der Waals surface area contributed by atoms with Gasteiger partial charge in [-0.25, -0.2) is 4.98 Å². The van der Waals surface area contributed by atoms with Crippen molar-refractivity contribution in [3.05, 3.63) is 68.9 Å². The molecule has 0 spiro atoms. The van der Waals surface area contributed by atoms with Crippen LogP contribution in [0.3, 0.4) is 0 Å². The van der Waals surface area contributed by atoms with Gasteiger partial charge in [0, 0.05) is 33.7 Å². The molecule has 0 saturated heterocycles. The van der Waals surface area contributed by atoms with E-state index in [9.17, 15) is 4.79 Å². The maximum absolute atomic E-state index is 12.2. The van der Waals surface area contributed by atoms with Crippen LogP contribution in [0.1, 0.15) is 5.56 Å². The molecule has 4 rings (SSSR count). The van der Waals surface area contributed by atoms with Crippen LogP contribution in [0, 0.1) is 0 Å². The Balaban J connectivity index is 1.63. The van der Waals surface area contributed by atoms with Gasteiger partial charge in [-0.1, -0.05) is 11.6 Å². The number of anilines is 1. The molecule has 23 heavy (non-hydrogen) atoms. The average molecular weight is 342 g/mol. The van der Waals surface area contributed by atoms with E-state index in [1.165, 1.54) is 0 Å². The first-order valence-electron chi connectivity index (χ1n) is 7.08. The van der Waals surface area contributed by atoms with Crippen molar-refractivity contribution in [2.45, 2.75) is 6.54 Å². The minimum atomic E-state index is -0.0953. The van der Waals surface area contributed by atoms with Gasteiger partial charge in [0.15, 0.2) is 0 Å². The molecule has 0 aliphatic rings. The van der Waals surface area contributed by atoms with Crippen LogP contribution in [0.5, 0.6) is 0 Å². The number of nitrogens with zero attached hydrogens (tertiary/aromatic N) is 1.